The molecule has 140 valence electrons. The highest BCUT2D eigenvalue weighted by atomic mass is 16.5. The van der Waals surface area contributed by atoms with Gasteiger partial charge < -0.3 is 14.0 Å². The zero-order valence-corrected chi connectivity index (χ0v) is 15.9. The zero-order valence-electron chi connectivity index (χ0n) is 15.9. The molecule has 1 aliphatic rings. The summed E-state index contributed by atoms with van der Waals surface area (Å²) in [4.78, 5) is 12.7. The summed E-state index contributed by atoms with van der Waals surface area (Å²) in [7, 11) is 0. The summed E-state index contributed by atoms with van der Waals surface area (Å²) in [6.45, 7) is 5.75. The second kappa shape index (κ2) is 7.57. The summed E-state index contributed by atoms with van der Waals surface area (Å²) in [6, 6.07) is 16.0. The number of carbonyl (C=O) groups excluding carboxylic acids is 1. The third-order valence-electron chi connectivity index (χ3n) is 5.38. The smallest absolute Gasteiger partial charge is 0.202 e. The standard InChI is InChI=1S/C23H25NO3/c1-16-12-22(17(2)24(16)14-21-8-5-11-26-21)23(25)15-27-20-10-9-18-6-3-4-7-19(18)13-20/h3-4,6-7,9-10,12-13,21H,5,8,11,14-15H2,1-2H3. The lowest BCUT2D eigenvalue weighted by molar-refractivity contribution is 0.0914. The first-order valence-corrected chi connectivity index (χ1v) is 9.55. The minimum Gasteiger partial charge on any atom is -0.485 e. The Balaban J connectivity index is 1.45. The molecule has 1 atom stereocenters. The number of aromatic nitrogens is 1. The average molecular weight is 363 g/mol. The van der Waals surface area contributed by atoms with Crippen LogP contribution >= 0.6 is 0 Å². The van der Waals surface area contributed by atoms with Crippen molar-refractivity contribution in [3.63, 3.8) is 0 Å². The van der Waals surface area contributed by atoms with Gasteiger partial charge in [0.1, 0.15) is 5.75 Å². The zero-order chi connectivity index (χ0) is 18.8. The minimum atomic E-state index is 0.00912. The lowest BCUT2D eigenvalue weighted by Gasteiger charge is -2.14. The predicted molar refractivity (Wildman–Crippen MR) is 107 cm³/mol. The Hall–Kier alpha value is -2.59. The Morgan fingerprint density at radius 3 is 2.74 bits per heavy atom. The summed E-state index contributed by atoms with van der Waals surface area (Å²) in [6.07, 6.45) is 2.47. The first-order chi connectivity index (χ1) is 13.1. The lowest BCUT2D eigenvalue weighted by Crippen LogP contribution is -2.18. The molecule has 4 heteroatoms. The molecule has 0 bridgehead atoms. The molecule has 0 N–H and O–H groups in total. The molecule has 1 aliphatic heterocycles. The van der Waals surface area contributed by atoms with Crippen molar-refractivity contribution in [2.45, 2.75) is 39.3 Å². The minimum absolute atomic E-state index is 0.00912. The molecule has 1 aromatic heterocycles. The van der Waals surface area contributed by atoms with Crippen LogP contribution in [0.25, 0.3) is 10.8 Å². The normalized spacial score (nSPS) is 16.7. The molecule has 4 nitrogen and oxygen atoms in total. The maximum absolute atomic E-state index is 12.7. The SMILES string of the molecule is Cc1cc(C(=O)COc2ccc3ccccc3c2)c(C)n1CC1CCCO1. The second-order valence-corrected chi connectivity index (χ2v) is 7.25. The van der Waals surface area contributed by atoms with Crippen molar-refractivity contribution in [2.24, 2.45) is 0 Å². The lowest BCUT2D eigenvalue weighted by atomic mass is 10.1. The number of Topliss-reactive ketones (excluding diaryl/α,β-unsaturated/α-hetero) is 1. The molecule has 0 amide bonds. The van der Waals surface area contributed by atoms with E-state index in [0.717, 1.165) is 59.5 Å². The molecular weight excluding hydrogens is 338 g/mol. The third kappa shape index (κ3) is 3.76. The van der Waals surface area contributed by atoms with Crippen molar-refractivity contribution in [3.8, 4) is 5.75 Å². The Labute approximate surface area is 159 Å². The molecule has 1 saturated heterocycles. The van der Waals surface area contributed by atoms with Crippen molar-refractivity contribution in [2.75, 3.05) is 13.2 Å². The molecule has 0 saturated carbocycles. The molecule has 2 heterocycles. The molecule has 0 aliphatic carbocycles. The van der Waals surface area contributed by atoms with E-state index in [0.29, 0.717) is 0 Å². The number of hydrogen-bond acceptors (Lipinski definition) is 3. The summed E-state index contributed by atoms with van der Waals surface area (Å²) >= 11 is 0. The van der Waals surface area contributed by atoms with Gasteiger partial charge in [-0.25, -0.2) is 0 Å². The Bertz CT molecular complexity index is 967. The van der Waals surface area contributed by atoms with E-state index in [1.54, 1.807) is 0 Å². The molecule has 2 aromatic carbocycles. The van der Waals surface area contributed by atoms with Gasteiger partial charge in [0.15, 0.2) is 6.61 Å². The fourth-order valence-corrected chi connectivity index (χ4v) is 3.84. The van der Waals surface area contributed by atoms with Gasteiger partial charge in [-0.3, -0.25) is 4.79 Å². The number of rotatable bonds is 6. The van der Waals surface area contributed by atoms with Crippen molar-refractivity contribution < 1.29 is 14.3 Å². The second-order valence-electron chi connectivity index (χ2n) is 7.25. The van der Waals surface area contributed by atoms with Crippen LogP contribution in [0.1, 0.15) is 34.6 Å². The van der Waals surface area contributed by atoms with Gasteiger partial charge in [0.25, 0.3) is 0 Å². The first kappa shape index (κ1) is 17.8. The highest BCUT2D eigenvalue weighted by Crippen LogP contribution is 2.23. The van der Waals surface area contributed by atoms with Crippen LogP contribution in [0.5, 0.6) is 5.75 Å². The Morgan fingerprint density at radius 1 is 1.15 bits per heavy atom. The predicted octanol–water partition coefficient (Wildman–Crippen LogP) is 4.70. The van der Waals surface area contributed by atoms with Crippen LogP contribution in [0.3, 0.4) is 0 Å². The van der Waals surface area contributed by atoms with Crippen LogP contribution in [0.2, 0.25) is 0 Å². The highest BCUT2D eigenvalue weighted by Gasteiger charge is 2.21. The molecule has 0 radical (unpaired) electrons. The van der Waals surface area contributed by atoms with E-state index in [2.05, 4.69) is 10.6 Å². The number of nitrogens with zero attached hydrogens (tertiary/aromatic N) is 1. The fraction of sp³-hybridized carbons (Fsp3) is 0.348. The van der Waals surface area contributed by atoms with E-state index in [9.17, 15) is 4.79 Å². The van der Waals surface area contributed by atoms with Gasteiger partial charge in [0, 0.05) is 30.1 Å². The number of fused-ring (bicyclic) bond motifs is 1. The van der Waals surface area contributed by atoms with Crippen LogP contribution in [0.15, 0.2) is 48.5 Å². The van der Waals surface area contributed by atoms with Gasteiger partial charge in [-0.1, -0.05) is 30.3 Å². The van der Waals surface area contributed by atoms with E-state index < -0.39 is 0 Å². The number of benzene rings is 2. The average Bonchev–Trinajstić information content (AvgIpc) is 3.30. The monoisotopic (exact) mass is 363 g/mol. The molecule has 1 fully saturated rings. The van der Waals surface area contributed by atoms with Crippen molar-refractivity contribution >= 4 is 16.6 Å². The Morgan fingerprint density at radius 2 is 1.96 bits per heavy atom. The fourth-order valence-electron chi connectivity index (χ4n) is 3.84. The van der Waals surface area contributed by atoms with Crippen molar-refractivity contribution in [3.05, 3.63) is 65.5 Å². The van der Waals surface area contributed by atoms with Gasteiger partial charge in [0.2, 0.25) is 5.78 Å². The molecule has 0 spiro atoms. The third-order valence-corrected chi connectivity index (χ3v) is 5.38. The van der Waals surface area contributed by atoms with E-state index in [-0.39, 0.29) is 18.5 Å². The number of ether oxygens (including phenoxy) is 2. The van der Waals surface area contributed by atoms with Gasteiger partial charge >= 0.3 is 0 Å². The molecular formula is C23H25NO3. The van der Waals surface area contributed by atoms with E-state index in [4.69, 9.17) is 9.47 Å². The topological polar surface area (TPSA) is 40.5 Å². The summed E-state index contributed by atoms with van der Waals surface area (Å²) in [5.41, 5.74) is 2.83. The van der Waals surface area contributed by atoms with Crippen molar-refractivity contribution in [1.29, 1.82) is 0 Å². The number of carbonyl (C=O) groups is 1. The summed E-state index contributed by atoms with van der Waals surface area (Å²) in [5.74, 6) is 0.727. The molecule has 1 unspecified atom stereocenters. The Kier molecular flexibility index (Phi) is 4.99. The largest absolute Gasteiger partial charge is 0.485 e. The van der Waals surface area contributed by atoms with Crippen LogP contribution in [-0.4, -0.2) is 29.7 Å². The molecule has 4 rings (SSSR count). The van der Waals surface area contributed by atoms with Gasteiger partial charge in [0.05, 0.1) is 6.10 Å². The first-order valence-electron chi connectivity index (χ1n) is 9.55. The van der Waals surface area contributed by atoms with Crippen LogP contribution in [0, 0.1) is 13.8 Å². The number of ketones is 1. The van der Waals surface area contributed by atoms with Crippen LogP contribution in [-0.2, 0) is 11.3 Å². The van der Waals surface area contributed by atoms with Gasteiger partial charge in [-0.05, 0) is 55.7 Å². The summed E-state index contributed by atoms with van der Waals surface area (Å²) < 4.78 is 13.7. The maximum Gasteiger partial charge on any atom is 0.202 e. The van der Waals surface area contributed by atoms with Crippen molar-refractivity contribution in [1.82, 2.24) is 4.57 Å². The molecule has 27 heavy (non-hydrogen) atoms. The van der Waals surface area contributed by atoms with E-state index in [1.165, 1.54) is 0 Å². The maximum atomic E-state index is 12.7. The van der Waals surface area contributed by atoms with E-state index in [1.807, 2.05) is 56.3 Å². The van der Waals surface area contributed by atoms with Gasteiger partial charge in [-0.15, -0.1) is 0 Å². The highest BCUT2D eigenvalue weighted by molar-refractivity contribution is 5.98. The van der Waals surface area contributed by atoms with Gasteiger partial charge in [-0.2, -0.15) is 0 Å². The number of hydrogen-bond donors (Lipinski definition) is 0. The molecule has 3 aromatic rings. The van der Waals surface area contributed by atoms with E-state index >= 15 is 0 Å². The quantitative estimate of drug-likeness (QED) is 0.596. The number of aryl methyl sites for hydroxylation is 1. The summed E-state index contributed by atoms with van der Waals surface area (Å²) in [5, 5.41) is 2.27. The van der Waals surface area contributed by atoms with Crippen LogP contribution in [0.4, 0.5) is 0 Å². The van der Waals surface area contributed by atoms with Crippen LogP contribution < -0.4 is 4.74 Å².